The topological polar surface area (TPSA) is 96.2 Å². The van der Waals surface area contributed by atoms with Gasteiger partial charge >= 0.3 is 12.0 Å². The van der Waals surface area contributed by atoms with Gasteiger partial charge in [-0.2, -0.15) is 5.10 Å². The molecule has 0 fully saturated rings. The number of anilines is 1. The van der Waals surface area contributed by atoms with Crippen molar-refractivity contribution in [3.05, 3.63) is 12.4 Å². The number of hydrogen-bond acceptors (Lipinski definition) is 3. The molecule has 0 radical (unpaired) electrons. The summed E-state index contributed by atoms with van der Waals surface area (Å²) in [5, 5.41) is 17.8. The fraction of sp³-hybridized carbons (Fsp3) is 0.545. The molecule has 3 N–H and O–H groups in total. The molecule has 0 saturated carbocycles. The Hall–Kier alpha value is -2.05. The highest BCUT2D eigenvalue weighted by Crippen LogP contribution is 2.04. The van der Waals surface area contributed by atoms with Crippen LogP contribution in [0.3, 0.4) is 0 Å². The van der Waals surface area contributed by atoms with Crippen molar-refractivity contribution in [3.8, 4) is 0 Å². The van der Waals surface area contributed by atoms with Crippen molar-refractivity contribution in [2.75, 3.05) is 11.9 Å². The monoisotopic (exact) mass is 254 g/mol. The number of hydrogen-bond donors (Lipinski definition) is 3. The first kappa shape index (κ1) is 14.0. The van der Waals surface area contributed by atoms with E-state index in [1.807, 2.05) is 6.92 Å². The number of aryl methyl sites for hydroxylation is 1. The standard InChI is InChI=1S/C11H18N4O3/c1-3-15-7-9(6-13-15)14-11(18)12-5-8(2)4-10(16)17/h6-8H,3-5H2,1-2H3,(H,16,17)(H2,12,14,18). The second-order valence-electron chi connectivity index (χ2n) is 4.12. The van der Waals surface area contributed by atoms with Crippen LogP contribution in [-0.2, 0) is 11.3 Å². The van der Waals surface area contributed by atoms with Gasteiger partial charge in [-0.15, -0.1) is 0 Å². The van der Waals surface area contributed by atoms with E-state index in [1.165, 1.54) is 0 Å². The Labute approximate surface area is 105 Å². The molecule has 0 aliphatic heterocycles. The zero-order valence-electron chi connectivity index (χ0n) is 10.5. The molecule has 1 atom stereocenters. The number of carboxylic acids is 1. The predicted molar refractivity (Wildman–Crippen MR) is 66.3 cm³/mol. The lowest BCUT2D eigenvalue weighted by Crippen LogP contribution is -2.32. The van der Waals surface area contributed by atoms with Crippen molar-refractivity contribution in [1.82, 2.24) is 15.1 Å². The highest BCUT2D eigenvalue weighted by Gasteiger charge is 2.09. The Morgan fingerprint density at radius 3 is 2.83 bits per heavy atom. The SMILES string of the molecule is CCn1cc(NC(=O)NCC(C)CC(=O)O)cn1. The fourth-order valence-corrected chi connectivity index (χ4v) is 1.41. The molecule has 0 aliphatic rings. The highest BCUT2D eigenvalue weighted by molar-refractivity contribution is 5.88. The number of nitrogens with one attached hydrogen (secondary N) is 2. The Bertz CT molecular complexity index is 416. The molecule has 2 amide bonds. The molecule has 0 aliphatic carbocycles. The summed E-state index contributed by atoms with van der Waals surface area (Å²) in [6.07, 6.45) is 3.32. The van der Waals surface area contributed by atoms with Gasteiger partial charge in [0.2, 0.25) is 0 Å². The van der Waals surface area contributed by atoms with Crippen LogP contribution in [0.15, 0.2) is 12.4 Å². The first-order chi connectivity index (χ1) is 8.51. The third kappa shape index (κ3) is 4.86. The lowest BCUT2D eigenvalue weighted by atomic mass is 10.1. The summed E-state index contributed by atoms with van der Waals surface area (Å²) in [6.45, 7) is 4.77. The third-order valence-electron chi connectivity index (χ3n) is 2.35. The minimum Gasteiger partial charge on any atom is -0.481 e. The molecule has 1 heterocycles. The van der Waals surface area contributed by atoms with E-state index >= 15 is 0 Å². The molecular weight excluding hydrogens is 236 g/mol. The molecule has 1 rings (SSSR count). The van der Waals surface area contributed by atoms with Gasteiger partial charge in [-0.05, 0) is 12.8 Å². The van der Waals surface area contributed by atoms with E-state index in [0.29, 0.717) is 12.2 Å². The minimum absolute atomic E-state index is 0.0358. The summed E-state index contributed by atoms with van der Waals surface area (Å²) < 4.78 is 1.70. The maximum Gasteiger partial charge on any atom is 0.319 e. The van der Waals surface area contributed by atoms with E-state index in [9.17, 15) is 9.59 Å². The van der Waals surface area contributed by atoms with Gasteiger partial charge in [0.25, 0.3) is 0 Å². The lowest BCUT2D eigenvalue weighted by Gasteiger charge is -2.10. The molecule has 0 aromatic carbocycles. The number of aliphatic carboxylic acids is 1. The Morgan fingerprint density at radius 1 is 1.56 bits per heavy atom. The Morgan fingerprint density at radius 2 is 2.28 bits per heavy atom. The van der Waals surface area contributed by atoms with Crippen molar-refractivity contribution < 1.29 is 14.7 Å². The number of carbonyl (C=O) groups is 2. The summed E-state index contributed by atoms with van der Waals surface area (Å²) in [4.78, 5) is 21.9. The Balaban J connectivity index is 2.31. The molecule has 0 bridgehead atoms. The summed E-state index contributed by atoms with van der Waals surface area (Å²) in [5.41, 5.74) is 0.611. The normalized spacial score (nSPS) is 11.9. The lowest BCUT2D eigenvalue weighted by molar-refractivity contribution is -0.137. The molecule has 100 valence electrons. The molecule has 0 spiro atoms. The molecule has 7 nitrogen and oxygen atoms in total. The quantitative estimate of drug-likeness (QED) is 0.709. The Kier molecular flexibility index (Phi) is 5.16. The van der Waals surface area contributed by atoms with E-state index in [-0.39, 0.29) is 18.4 Å². The molecule has 7 heteroatoms. The smallest absolute Gasteiger partial charge is 0.319 e. The van der Waals surface area contributed by atoms with E-state index in [1.54, 1.807) is 24.0 Å². The van der Waals surface area contributed by atoms with Crippen LogP contribution in [0.2, 0.25) is 0 Å². The number of nitrogens with zero attached hydrogens (tertiary/aromatic N) is 2. The number of aromatic nitrogens is 2. The second kappa shape index (κ2) is 6.63. The van der Waals surface area contributed by atoms with Crippen LogP contribution in [0.4, 0.5) is 10.5 Å². The molecule has 1 aromatic heterocycles. The number of amides is 2. The zero-order chi connectivity index (χ0) is 13.5. The van der Waals surface area contributed by atoms with Crippen molar-refractivity contribution in [3.63, 3.8) is 0 Å². The highest BCUT2D eigenvalue weighted by atomic mass is 16.4. The van der Waals surface area contributed by atoms with Crippen LogP contribution in [0.5, 0.6) is 0 Å². The maximum absolute atomic E-state index is 11.5. The average Bonchev–Trinajstić information content (AvgIpc) is 2.73. The van der Waals surface area contributed by atoms with E-state index in [4.69, 9.17) is 5.11 Å². The van der Waals surface area contributed by atoms with Gasteiger partial charge in [0.05, 0.1) is 11.9 Å². The molecular formula is C11H18N4O3. The van der Waals surface area contributed by atoms with Crippen LogP contribution in [0.1, 0.15) is 20.3 Å². The first-order valence-electron chi connectivity index (χ1n) is 5.80. The number of carbonyl (C=O) groups excluding carboxylic acids is 1. The van der Waals surface area contributed by atoms with Crippen molar-refractivity contribution in [2.45, 2.75) is 26.8 Å². The number of carboxylic acid groups (broad SMARTS) is 1. The summed E-state index contributed by atoms with van der Waals surface area (Å²) >= 11 is 0. The average molecular weight is 254 g/mol. The fourth-order valence-electron chi connectivity index (χ4n) is 1.41. The first-order valence-corrected chi connectivity index (χ1v) is 5.80. The molecule has 1 aromatic rings. The van der Waals surface area contributed by atoms with Crippen LogP contribution in [0.25, 0.3) is 0 Å². The molecule has 18 heavy (non-hydrogen) atoms. The van der Waals surface area contributed by atoms with Gasteiger partial charge in [0.1, 0.15) is 0 Å². The van der Waals surface area contributed by atoms with Gasteiger partial charge in [0, 0.05) is 25.7 Å². The van der Waals surface area contributed by atoms with Crippen molar-refractivity contribution in [1.29, 1.82) is 0 Å². The van der Waals surface area contributed by atoms with Crippen LogP contribution in [0, 0.1) is 5.92 Å². The zero-order valence-corrected chi connectivity index (χ0v) is 10.5. The largest absolute Gasteiger partial charge is 0.481 e. The summed E-state index contributed by atoms with van der Waals surface area (Å²) in [6, 6.07) is -0.358. The predicted octanol–water partition coefficient (Wildman–Crippen LogP) is 1.14. The van der Waals surface area contributed by atoms with Crippen LogP contribution >= 0.6 is 0 Å². The van der Waals surface area contributed by atoms with Gasteiger partial charge in [0.15, 0.2) is 0 Å². The summed E-state index contributed by atoms with van der Waals surface area (Å²) in [7, 11) is 0. The van der Waals surface area contributed by atoms with Crippen molar-refractivity contribution >= 4 is 17.7 Å². The van der Waals surface area contributed by atoms with Crippen LogP contribution < -0.4 is 10.6 Å². The second-order valence-corrected chi connectivity index (χ2v) is 4.12. The van der Waals surface area contributed by atoms with Gasteiger partial charge in [-0.1, -0.05) is 6.92 Å². The minimum atomic E-state index is -0.867. The van der Waals surface area contributed by atoms with Gasteiger partial charge < -0.3 is 15.7 Å². The summed E-state index contributed by atoms with van der Waals surface area (Å²) in [5.74, 6) is -0.972. The van der Waals surface area contributed by atoms with E-state index < -0.39 is 5.97 Å². The molecule has 1 unspecified atom stereocenters. The third-order valence-corrected chi connectivity index (χ3v) is 2.35. The van der Waals surface area contributed by atoms with Gasteiger partial charge in [-0.3, -0.25) is 9.48 Å². The molecule has 0 saturated heterocycles. The van der Waals surface area contributed by atoms with E-state index in [2.05, 4.69) is 15.7 Å². The van der Waals surface area contributed by atoms with Crippen LogP contribution in [-0.4, -0.2) is 33.4 Å². The van der Waals surface area contributed by atoms with Crippen molar-refractivity contribution in [2.24, 2.45) is 5.92 Å². The van der Waals surface area contributed by atoms with Gasteiger partial charge in [-0.25, -0.2) is 4.79 Å². The number of urea groups is 1. The van der Waals surface area contributed by atoms with E-state index in [0.717, 1.165) is 6.54 Å². The maximum atomic E-state index is 11.5. The number of rotatable bonds is 6.